The van der Waals surface area contributed by atoms with Gasteiger partial charge in [0.25, 0.3) is 15.9 Å². The van der Waals surface area contributed by atoms with Crippen LogP contribution in [-0.4, -0.2) is 20.2 Å². The lowest BCUT2D eigenvalue weighted by Gasteiger charge is -2.13. The Morgan fingerprint density at radius 1 is 0.824 bits per heavy atom. The number of halogens is 3. The van der Waals surface area contributed by atoms with Gasteiger partial charge in [-0.05, 0) is 61.0 Å². The highest BCUT2D eigenvalue weighted by molar-refractivity contribution is 7.92. The molecule has 0 spiro atoms. The Bertz CT molecular complexity index is 1360. The van der Waals surface area contributed by atoms with Gasteiger partial charge in [0.05, 0.1) is 16.1 Å². The zero-order chi connectivity index (χ0) is 25.1. The average molecular weight is 491 g/mol. The molecule has 0 fully saturated rings. The van der Waals surface area contributed by atoms with Crippen LogP contribution in [0.15, 0.2) is 71.6 Å². The molecule has 2 amide bonds. The monoisotopic (exact) mass is 491 g/mol. The van der Waals surface area contributed by atoms with Gasteiger partial charge in [0.2, 0.25) is 5.91 Å². The number of hydrogen-bond donors (Lipinski definition) is 3. The minimum absolute atomic E-state index is 0.0210. The summed E-state index contributed by atoms with van der Waals surface area (Å²) in [5.74, 6) is -1.09. The molecule has 0 saturated carbocycles. The van der Waals surface area contributed by atoms with Crippen molar-refractivity contribution in [3.8, 4) is 0 Å². The predicted molar refractivity (Wildman–Crippen MR) is 122 cm³/mol. The molecule has 0 heterocycles. The molecule has 0 aromatic heterocycles. The Morgan fingerprint density at radius 3 is 2.09 bits per heavy atom. The molecular formula is C23H20F3N3O4S. The Hall–Kier alpha value is -3.86. The molecule has 3 aromatic rings. The number of hydrogen-bond acceptors (Lipinski definition) is 4. The molecule has 3 rings (SSSR count). The average Bonchev–Trinajstić information content (AvgIpc) is 2.73. The van der Waals surface area contributed by atoms with Crippen LogP contribution in [0.3, 0.4) is 0 Å². The molecule has 7 nitrogen and oxygen atoms in total. The van der Waals surface area contributed by atoms with Gasteiger partial charge in [-0.3, -0.25) is 14.3 Å². The lowest BCUT2D eigenvalue weighted by atomic mass is 10.1. The van der Waals surface area contributed by atoms with Gasteiger partial charge in [0.1, 0.15) is 0 Å². The largest absolute Gasteiger partial charge is 0.416 e. The van der Waals surface area contributed by atoms with Crippen LogP contribution in [0.5, 0.6) is 0 Å². The van der Waals surface area contributed by atoms with Crippen LogP contribution in [0.2, 0.25) is 0 Å². The number of anilines is 3. The third kappa shape index (κ3) is 6.13. The maximum atomic E-state index is 12.9. The molecule has 178 valence electrons. The van der Waals surface area contributed by atoms with Gasteiger partial charge in [0, 0.05) is 23.9 Å². The molecule has 0 aliphatic carbocycles. The molecule has 0 atom stereocenters. The number of rotatable bonds is 6. The highest BCUT2D eigenvalue weighted by Gasteiger charge is 2.30. The van der Waals surface area contributed by atoms with Gasteiger partial charge in [-0.25, -0.2) is 8.42 Å². The van der Waals surface area contributed by atoms with Crippen LogP contribution in [-0.2, 0) is 21.0 Å². The summed E-state index contributed by atoms with van der Waals surface area (Å²) in [5.41, 5.74) is -0.0349. The van der Waals surface area contributed by atoms with E-state index in [0.29, 0.717) is 11.3 Å². The maximum absolute atomic E-state index is 12.9. The fraction of sp³-hybridized carbons (Fsp3) is 0.130. The summed E-state index contributed by atoms with van der Waals surface area (Å²) in [6, 6.07) is 14.0. The number of carbonyl (C=O) groups excluding carboxylic acids is 2. The Kier molecular flexibility index (Phi) is 6.96. The van der Waals surface area contributed by atoms with Crippen molar-refractivity contribution in [3.05, 3.63) is 83.4 Å². The van der Waals surface area contributed by atoms with E-state index in [0.717, 1.165) is 24.3 Å². The van der Waals surface area contributed by atoms with Crippen molar-refractivity contribution in [2.24, 2.45) is 0 Å². The SMILES string of the molecule is CC(=O)Nc1cccc(NS(=O)(=O)c2ccc(C)c(C(=O)Nc3cccc(C(F)(F)F)c3)c2)c1. The smallest absolute Gasteiger partial charge is 0.326 e. The first-order chi connectivity index (χ1) is 15.8. The summed E-state index contributed by atoms with van der Waals surface area (Å²) in [6.07, 6.45) is -4.58. The molecule has 0 unspecified atom stereocenters. The fourth-order valence-electron chi connectivity index (χ4n) is 3.06. The molecule has 0 aliphatic rings. The Morgan fingerprint density at radius 2 is 1.44 bits per heavy atom. The fourth-order valence-corrected chi connectivity index (χ4v) is 4.14. The third-order valence-corrected chi connectivity index (χ3v) is 6.03. The summed E-state index contributed by atoms with van der Waals surface area (Å²) in [5, 5.41) is 4.91. The van der Waals surface area contributed by atoms with Crippen molar-refractivity contribution in [3.63, 3.8) is 0 Å². The summed E-state index contributed by atoms with van der Waals surface area (Å²) in [7, 11) is -4.12. The van der Waals surface area contributed by atoms with Gasteiger partial charge in [-0.2, -0.15) is 13.2 Å². The van der Waals surface area contributed by atoms with E-state index in [4.69, 9.17) is 0 Å². The van der Waals surface area contributed by atoms with Gasteiger partial charge < -0.3 is 10.6 Å². The van der Waals surface area contributed by atoms with Crippen molar-refractivity contribution >= 4 is 38.9 Å². The number of nitrogens with one attached hydrogen (secondary N) is 3. The molecule has 11 heteroatoms. The topological polar surface area (TPSA) is 104 Å². The van der Waals surface area contributed by atoms with Crippen LogP contribution in [0.25, 0.3) is 0 Å². The van der Waals surface area contributed by atoms with Gasteiger partial charge in [-0.1, -0.05) is 18.2 Å². The first-order valence-corrected chi connectivity index (χ1v) is 11.3. The van der Waals surface area contributed by atoms with Crippen LogP contribution in [0.1, 0.15) is 28.4 Å². The number of sulfonamides is 1. The molecule has 0 bridgehead atoms. The summed E-state index contributed by atoms with van der Waals surface area (Å²) >= 11 is 0. The van der Waals surface area contributed by atoms with E-state index < -0.39 is 27.7 Å². The molecular weight excluding hydrogens is 471 g/mol. The number of amides is 2. The van der Waals surface area contributed by atoms with Gasteiger partial charge in [-0.15, -0.1) is 0 Å². The normalized spacial score (nSPS) is 11.6. The van der Waals surface area contributed by atoms with E-state index in [1.165, 1.54) is 37.3 Å². The number of carbonyl (C=O) groups is 2. The highest BCUT2D eigenvalue weighted by atomic mass is 32.2. The lowest BCUT2D eigenvalue weighted by Crippen LogP contribution is -2.17. The Balaban J connectivity index is 1.85. The number of alkyl halides is 3. The second-order valence-electron chi connectivity index (χ2n) is 7.38. The minimum Gasteiger partial charge on any atom is -0.326 e. The molecule has 3 aromatic carbocycles. The summed E-state index contributed by atoms with van der Waals surface area (Å²) in [4.78, 5) is 23.7. The molecule has 34 heavy (non-hydrogen) atoms. The number of aryl methyl sites for hydroxylation is 1. The quantitative estimate of drug-likeness (QED) is 0.450. The molecule has 0 radical (unpaired) electrons. The van der Waals surface area contributed by atoms with E-state index >= 15 is 0 Å². The van der Waals surface area contributed by atoms with Crippen LogP contribution in [0, 0.1) is 6.92 Å². The summed E-state index contributed by atoms with van der Waals surface area (Å²) < 4.78 is 66.9. The van der Waals surface area contributed by atoms with Crippen molar-refractivity contribution in [2.45, 2.75) is 24.9 Å². The first-order valence-electron chi connectivity index (χ1n) is 9.85. The zero-order valence-electron chi connectivity index (χ0n) is 18.0. The number of benzene rings is 3. The van der Waals surface area contributed by atoms with E-state index in [1.54, 1.807) is 19.1 Å². The minimum atomic E-state index is -4.58. The molecule has 0 aliphatic heterocycles. The van der Waals surface area contributed by atoms with Crippen molar-refractivity contribution in [1.29, 1.82) is 0 Å². The molecule has 3 N–H and O–H groups in total. The van der Waals surface area contributed by atoms with Gasteiger partial charge in [0.15, 0.2) is 0 Å². The third-order valence-electron chi connectivity index (χ3n) is 4.65. The van der Waals surface area contributed by atoms with E-state index in [9.17, 15) is 31.2 Å². The van der Waals surface area contributed by atoms with E-state index in [-0.39, 0.29) is 27.7 Å². The summed E-state index contributed by atoms with van der Waals surface area (Å²) in [6.45, 7) is 2.89. The lowest BCUT2D eigenvalue weighted by molar-refractivity contribution is -0.137. The van der Waals surface area contributed by atoms with Crippen LogP contribution >= 0.6 is 0 Å². The zero-order valence-corrected chi connectivity index (χ0v) is 18.8. The van der Waals surface area contributed by atoms with E-state index in [1.807, 2.05) is 0 Å². The highest BCUT2D eigenvalue weighted by Crippen LogP contribution is 2.31. The van der Waals surface area contributed by atoms with Crippen molar-refractivity contribution in [2.75, 3.05) is 15.4 Å². The second kappa shape index (κ2) is 9.56. The van der Waals surface area contributed by atoms with Gasteiger partial charge >= 0.3 is 6.18 Å². The van der Waals surface area contributed by atoms with Crippen LogP contribution in [0.4, 0.5) is 30.2 Å². The van der Waals surface area contributed by atoms with E-state index in [2.05, 4.69) is 15.4 Å². The standard InChI is InChI=1S/C23H20F3N3O4S/c1-14-9-10-20(34(32,33)29-19-8-4-7-18(12-19)27-15(2)30)13-21(14)22(31)28-17-6-3-5-16(11-17)23(24,25)26/h3-13,29H,1-2H3,(H,27,30)(H,28,31). The molecule has 0 saturated heterocycles. The maximum Gasteiger partial charge on any atom is 0.416 e. The van der Waals surface area contributed by atoms with Crippen molar-refractivity contribution in [1.82, 2.24) is 0 Å². The predicted octanol–water partition coefficient (Wildman–Crippen LogP) is 5.03. The second-order valence-corrected chi connectivity index (χ2v) is 9.06. The van der Waals surface area contributed by atoms with Crippen LogP contribution < -0.4 is 15.4 Å². The first kappa shape index (κ1) is 24.8. The Labute approximate surface area is 194 Å². The van der Waals surface area contributed by atoms with Crippen molar-refractivity contribution < 1.29 is 31.2 Å².